The Morgan fingerprint density at radius 2 is 2.04 bits per heavy atom. The summed E-state index contributed by atoms with van der Waals surface area (Å²) < 4.78 is 5.15. The van der Waals surface area contributed by atoms with Crippen LogP contribution in [0.5, 0.6) is 0 Å². The van der Waals surface area contributed by atoms with Crippen molar-refractivity contribution >= 4 is 5.82 Å². The fourth-order valence-electron chi connectivity index (χ4n) is 3.95. The second kappa shape index (κ2) is 6.02. The van der Waals surface area contributed by atoms with E-state index in [0.717, 1.165) is 49.7 Å². The Morgan fingerprint density at radius 1 is 1.12 bits per heavy atom. The van der Waals surface area contributed by atoms with Gasteiger partial charge < -0.3 is 9.64 Å². The lowest BCUT2D eigenvalue weighted by Crippen LogP contribution is -2.33. The number of anilines is 1. The van der Waals surface area contributed by atoms with Crippen molar-refractivity contribution in [2.24, 2.45) is 0 Å². The van der Waals surface area contributed by atoms with E-state index in [-0.39, 0.29) is 0 Å². The van der Waals surface area contributed by atoms with Crippen molar-refractivity contribution in [1.82, 2.24) is 19.9 Å². The molecule has 0 saturated heterocycles. The van der Waals surface area contributed by atoms with Crippen LogP contribution in [0.3, 0.4) is 0 Å². The molecule has 1 saturated carbocycles. The van der Waals surface area contributed by atoms with E-state index >= 15 is 0 Å². The average molecular weight is 337 g/mol. The molecule has 6 heteroatoms. The van der Waals surface area contributed by atoms with Crippen LogP contribution in [0, 0.1) is 0 Å². The number of methoxy groups -OCH3 is 1. The number of hydrogen-bond acceptors (Lipinski definition) is 6. The predicted octanol–water partition coefficient (Wildman–Crippen LogP) is 2.34. The lowest BCUT2D eigenvalue weighted by atomic mass is 10.1. The lowest BCUT2D eigenvalue weighted by Gasteiger charge is -2.30. The smallest absolute Gasteiger partial charge is 0.154 e. The SMILES string of the molecule is COCc1ncc2c(n1)CCN(c1nc(C3CC3)nc3c1CCC3)C2. The van der Waals surface area contributed by atoms with Crippen LogP contribution in [-0.2, 0) is 37.2 Å². The Kier molecular flexibility index (Phi) is 3.66. The summed E-state index contributed by atoms with van der Waals surface area (Å²) in [6.07, 6.45) is 8.83. The highest BCUT2D eigenvalue weighted by Crippen LogP contribution is 2.41. The number of ether oxygens (including phenoxy) is 1. The van der Waals surface area contributed by atoms with Crippen LogP contribution in [0.4, 0.5) is 5.82 Å². The summed E-state index contributed by atoms with van der Waals surface area (Å²) in [5.74, 6) is 3.62. The van der Waals surface area contributed by atoms with E-state index in [1.165, 1.54) is 41.9 Å². The molecule has 6 nitrogen and oxygen atoms in total. The molecule has 0 atom stereocenters. The predicted molar refractivity (Wildman–Crippen MR) is 93.5 cm³/mol. The standard InChI is InChI=1S/C19H23N5O/c1-25-11-17-20-9-13-10-24(8-7-15(13)21-17)19-14-3-2-4-16(14)22-18(23-19)12-5-6-12/h9,12H,2-8,10-11H2,1H3. The molecule has 0 bridgehead atoms. The molecule has 25 heavy (non-hydrogen) atoms. The minimum Gasteiger partial charge on any atom is -0.377 e. The van der Waals surface area contributed by atoms with Crippen molar-refractivity contribution in [1.29, 1.82) is 0 Å². The molecule has 2 aliphatic carbocycles. The molecule has 130 valence electrons. The van der Waals surface area contributed by atoms with Gasteiger partial charge in [-0.1, -0.05) is 0 Å². The first-order valence-electron chi connectivity index (χ1n) is 9.29. The van der Waals surface area contributed by atoms with Gasteiger partial charge >= 0.3 is 0 Å². The summed E-state index contributed by atoms with van der Waals surface area (Å²) in [7, 11) is 1.68. The summed E-state index contributed by atoms with van der Waals surface area (Å²) >= 11 is 0. The molecule has 0 N–H and O–H groups in total. The van der Waals surface area contributed by atoms with Crippen LogP contribution in [-0.4, -0.2) is 33.6 Å². The zero-order chi connectivity index (χ0) is 16.8. The van der Waals surface area contributed by atoms with E-state index < -0.39 is 0 Å². The van der Waals surface area contributed by atoms with Gasteiger partial charge in [0.05, 0.1) is 5.69 Å². The lowest BCUT2D eigenvalue weighted by molar-refractivity contribution is 0.177. The van der Waals surface area contributed by atoms with Crippen LogP contribution in [0.15, 0.2) is 6.20 Å². The Balaban J connectivity index is 1.47. The molecular weight excluding hydrogens is 314 g/mol. The van der Waals surface area contributed by atoms with Crippen molar-refractivity contribution in [3.63, 3.8) is 0 Å². The van der Waals surface area contributed by atoms with Gasteiger partial charge in [0.15, 0.2) is 5.82 Å². The molecule has 3 aliphatic rings. The topological polar surface area (TPSA) is 64.0 Å². The van der Waals surface area contributed by atoms with E-state index in [9.17, 15) is 0 Å². The van der Waals surface area contributed by atoms with Crippen molar-refractivity contribution in [2.75, 3.05) is 18.6 Å². The van der Waals surface area contributed by atoms with Crippen molar-refractivity contribution in [3.05, 3.63) is 40.4 Å². The molecule has 1 aliphatic heterocycles. The summed E-state index contributed by atoms with van der Waals surface area (Å²) in [6, 6.07) is 0. The van der Waals surface area contributed by atoms with Gasteiger partial charge in [-0.3, -0.25) is 0 Å². The third-order valence-electron chi connectivity index (χ3n) is 5.43. The van der Waals surface area contributed by atoms with E-state index in [1.807, 2.05) is 6.20 Å². The molecule has 0 radical (unpaired) electrons. The van der Waals surface area contributed by atoms with Gasteiger partial charge in [-0.15, -0.1) is 0 Å². The quantitative estimate of drug-likeness (QED) is 0.853. The molecule has 5 rings (SSSR count). The second-order valence-corrected chi connectivity index (χ2v) is 7.32. The zero-order valence-corrected chi connectivity index (χ0v) is 14.7. The first-order chi connectivity index (χ1) is 12.3. The molecule has 0 unspecified atom stereocenters. The summed E-state index contributed by atoms with van der Waals surface area (Å²) in [4.78, 5) is 21.4. The zero-order valence-electron chi connectivity index (χ0n) is 14.7. The third kappa shape index (κ3) is 2.78. The van der Waals surface area contributed by atoms with Crippen LogP contribution in [0.2, 0.25) is 0 Å². The molecular formula is C19H23N5O. The highest BCUT2D eigenvalue weighted by Gasteiger charge is 2.31. The monoisotopic (exact) mass is 337 g/mol. The first-order valence-corrected chi connectivity index (χ1v) is 9.29. The average Bonchev–Trinajstić information content (AvgIpc) is 3.38. The van der Waals surface area contributed by atoms with E-state index in [4.69, 9.17) is 14.7 Å². The van der Waals surface area contributed by atoms with E-state index in [1.54, 1.807) is 7.11 Å². The Morgan fingerprint density at radius 3 is 2.88 bits per heavy atom. The molecule has 2 aromatic heterocycles. The molecule has 0 spiro atoms. The number of nitrogens with zero attached hydrogens (tertiary/aromatic N) is 5. The van der Waals surface area contributed by atoms with Crippen LogP contribution < -0.4 is 4.90 Å². The number of aromatic nitrogens is 4. The van der Waals surface area contributed by atoms with Gasteiger partial charge in [-0.05, 0) is 32.1 Å². The number of fused-ring (bicyclic) bond motifs is 2. The van der Waals surface area contributed by atoms with Gasteiger partial charge in [-0.2, -0.15) is 0 Å². The third-order valence-corrected chi connectivity index (χ3v) is 5.43. The highest BCUT2D eigenvalue weighted by molar-refractivity contribution is 5.53. The summed E-state index contributed by atoms with van der Waals surface area (Å²) in [5, 5.41) is 0. The summed E-state index contributed by atoms with van der Waals surface area (Å²) in [6.45, 7) is 2.28. The largest absolute Gasteiger partial charge is 0.377 e. The Bertz CT molecular complexity index is 818. The number of hydrogen-bond donors (Lipinski definition) is 0. The van der Waals surface area contributed by atoms with E-state index in [0.29, 0.717) is 12.5 Å². The highest BCUT2D eigenvalue weighted by atomic mass is 16.5. The maximum Gasteiger partial charge on any atom is 0.154 e. The van der Waals surface area contributed by atoms with Gasteiger partial charge in [0.1, 0.15) is 18.2 Å². The van der Waals surface area contributed by atoms with Gasteiger partial charge in [-0.25, -0.2) is 19.9 Å². The maximum absolute atomic E-state index is 5.15. The Labute approximate surface area is 147 Å². The van der Waals surface area contributed by atoms with Gasteiger partial charge in [0.25, 0.3) is 0 Å². The fourth-order valence-corrected chi connectivity index (χ4v) is 3.95. The second-order valence-electron chi connectivity index (χ2n) is 7.32. The first kappa shape index (κ1) is 15.2. The fraction of sp³-hybridized carbons (Fsp3) is 0.579. The maximum atomic E-state index is 5.15. The summed E-state index contributed by atoms with van der Waals surface area (Å²) in [5.41, 5.74) is 5.05. The van der Waals surface area contributed by atoms with Crippen molar-refractivity contribution in [3.8, 4) is 0 Å². The molecule has 0 amide bonds. The van der Waals surface area contributed by atoms with Crippen LogP contribution in [0.25, 0.3) is 0 Å². The molecule has 2 aromatic rings. The molecule has 0 aromatic carbocycles. The van der Waals surface area contributed by atoms with E-state index in [2.05, 4.69) is 14.9 Å². The van der Waals surface area contributed by atoms with Crippen molar-refractivity contribution < 1.29 is 4.74 Å². The van der Waals surface area contributed by atoms with Crippen LogP contribution in [0.1, 0.15) is 59.3 Å². The molecule has 3 heterocycles. The minimum atomic E-state index is 0.473. The normalized spacial score (nSPS) is 19.0. The molecule has 1 fully saturated rings. The van der Waals surface area contributed by atoms with Crippen molar-refractivity contribution in [2.45, 2.75) is 57.6 Å². The van der Waals surface area contributed by atoms with Gasteiger partial charge in [0.2, 0.25) is 0 Å². The van der Waals surface area contributed by atoms with Gasteiger partial charge in [0, 0.05) is 55.6 Å². The Hall–Kier alpha value is -2.08. The number of rotatable bonds is 4. The van der Waals surface area contributed by atoms with Crippen LogP contribution >= 0.6 is 0 Å². The minimum absolute atomic E-state index is 0.473. The number of aryl methyl sites for hydroxylation is 1.